The molecule has 0 spiro atoms. The van der Waals surface area contributed by atoms with Crippen LogP contribution in [0.3, 0.4) is 0 Å². The summed E-state index contributed by atoms with van der Waals surface area (Å²) in [7, 11) is 0. The molecule has 1 unspecified atom stereocenters. The average molecular weight is 196 g/mol. The van der Waals surface area contributed by atoms with Crippen molar-refractivity contribution in [1.82, 2.24) is 0 Å². The van der Waals surface area contributed by atoms with E-state index >= 15 is 0 Å². The van der Waals surface area contributed by atoms with Gasteiger partial charge in [-0.15, -0.1) is 0 Å². The van der Waals surface area contributed by atoms with Crippen molar-refractivity contribution in [3.05, 3.63) is 35.9 Å². The average Bonchev–Trinajstić information content (AvgIpc) is 2.19. The Hall–Kier alpha value is -1.91. The summed E-state index contributed by atoms with van der Waals surface area (Å²) in [5.74, 6) is -1.20. The largest absolute Gasteiger partial charge is 0.364 e. The Labute approximate surface area is 80.2 Å². The number of amides is 1. The molecule has 4 nitrogen and oxygen atoms in total. The molecule has 0 fully saturated rings. The van der Waals surface area contributed by atoms with Crippen molar-refractivity contribution in [3.63, 3.8) is 0 Å². The maximum atomic E-state index is 12.4. The predicted molar refractivity (Wildman–Crippen MR) is 49.2 cm³/mol. The zero-order valence-corrected chi connectivity index (χ0v) is 7.26. The van der Waals surface area contributed by atoms with E-state index in [9.17, 15) is 9.18 Å². The van der Waals surface area contributed by atoms with Crippen LogP contribution in [0, 0.1) is 0 Å². The van der Waals surface area contributed by atoms with Crippen molar-refractivity contribution in [3.8, 4) is 0 Å². The van der Waals surface area contributed by atoms with Gasteiger partial charge in [-0.2, -0.15) is 4.39 Å². The molecule has 74 valence electrons. The monoisotopic (exact) mass is 196 g/mol. The second-order valence-electron chi connectivity index (χ2n) is 2.47. The van der Waals surface area contributed by atoms with Gasteiger partial charge in [0, 0.05) is 0 Å². The lowest BCUT2D eigenvalue weighted by atomic mass is 10.2. The van der Waals surface area contributed by atoms with E-state index in [4.69, 9.17) is 0 Å². The van der Waals surface area contributed by atoms with Crippen LogP contribution in [0.15, 0.2) is 35.5 Å². The minimum Gasteiger partial charge on any atom is -0.364 e. The quantitative estimate of drug-likeness (QED) is 0.572. The van der Waals surface area contributed by atoms with Crippen LogP contribution >= 0.6 is 0 Å². The number of hydrogen-bond donors (Lipinski definition) is 1. The van der Waals surface area contributed by atoms with Crippen LogP contribution < -0.4 is 5.73 Å². The highest BCUT2D eigenvalue weighted by Gasteiger charge is 2.12. The standard InChI is InChI=1S/C9H9FN2O2/c10-8(9(11)13)14-12-6-7-4-2-1-3-5-7/h1-6,8H,(H2,11,13). The SMILES string of the molecule is NC(=O)C(F)ON=Cc1ccccc1. The maximum absolute atomic E-state index is 12.4. The van der Waals surface area contributed by atoms with Gasteiger partial charge in [0.1, 0.15) is 0 Å². The van der Waals surface area contributed by atoms with Crippen molar-refractivity contribution in [2.24, 2.45) is 10.9 Å². The molecule has 2 N–H and O–H groups in total. The van der Waals surface area contributed by atoms with Crippen molar-refractivity contribution in [1.29, 1.82) is 0 Å². The number of rotatable bonds is 4. The van der Waals surface area contributed by atoms with Crippen molar-refractivity contribution >= 4 is 12.1 Å². The fourth-order valence-electron chi connectivity index (χ4n) is 0.736. The summed E-state index contributed by atoms with van der Waals surface area (Å²) in [6, 6.07) is 8.93. The zero-order valence-electron chi connectivity index (χ0n) is 7.26. The third kappa shape index (κ3) is 3.22. The molecule has 0 aliphatic heterocycles. The van der Waals surface area contributed by atoms with Crippen LogP contribution in [0.25, 0.3) is 0 Å². The molecule has 1 aromatic rings. The number of carbonyl (C=O) groups excluding carboxylic acids is 1. The fourth-order valence-corrected chi connectivity index (χ4v) is 0.736. The molecular weight excluding hydrogens is 187 g/mol. The van der Waals surface area contributed by atoms with Crippen molar-refractivity contribution in [2.45, 2.75) is 6.36 Å². The predicted octanol–water partition coefficient (Wildman–Crippen LogP) is 0.818. The van der Waals surface area contributed by atoms with Gasteiger partial charge >= 0.3 is 6.36 Å². The summed E-state index contributed by atoms with van der Waals surface area (Å²) in [6.07, 6.45) is -0.912. The van der Waals surface area contributed by atoms with Crippen LogP contribution in [-0.2, 0) is 9.63 Å². The maximum Gasteiger partial charge on any atom is 0.340 e. The van der Waals surface area contributed by atoms with Gasteiger partial charge < -0.3 is 10.6 Å². The molecule has 14 heavy (non-hydrogen) atoms. The van der Waals surface area contributed by atoms with E-state index in [2.05, 4.69) is 15.7 Å². The highest BCUT2D eigenvalue weighted by atomic mass is 19.1. The van der Waals surface area contributed by atoms with E-state index in [1.807, 2.05) is 6.07 Å². The first kappa shape index (κ1) is 10.2. The highest BCUT2D eigenvalue weighted by molar-refractivity contribution is 5.79. The van der Waals surface area contributed by atoms with Gasteiger partial charge in [0.25, 0.3) is 5.91 Å². The Morgan fingerprint density at radius 2 is 2.14 bits per heavy atom. The zero-order chi connectivity index (χ0) is 10.4. The molecule has 1 atom stereocenters. The van der Waals surface area contributed by atoms with Gasteiger partial charge in [0.05, 0.1) is 6.21 Å². The molecule has 1 aromatic carbocycles. The first-order valence-corrected chi connectivity index (χ1v) is 3.88. The molecule has 0 aliphatic carbocycles. The first-order valence-electron chi connectivity index (χ1n) is 3.88. The van der Waals surface area contributed by atoms with Gasteiger partial charge in [-0.05, 0) is 5.56 Å². The van der Waals surface area contributed by atoms with Crippen LogP contribution in [0.2, 0.25) is 0 Å². The summed E-state index contributed by atoms with van der Waals surface area (Å²) in [5.41, 5.74) is 5.34. The molecule has 0 heterocycles. The normalized spacial score (nSPS) is 12.6. The lowest BCUT2D eigenvalue weighted by Gasteiger charge is -1.99. The summed E-state index contributed by atoms with van der Waals surface area (Å²) in [4.78, 5) is 14.3. The van der Waals surface area contributed by atoms with Gasteiger partial charge in [-0.1, -0.05) is 35.5 Å². The summed E-state index contributed by atoms with van der Waals surface area (Å²) in [6.45, 7) is 0. The Kier molecular flexibility index (Phi) is 3.60. The number of hydrogen-bond acceptors (Lipinski definition) is 3. The minimum absolute atomic E-state index is 0.740. The number of halogens is 1. The van der Waals surface area contributed by atoms with E-state index in [0.29, 0.717) is 0 Å². The molecule has 0 saturated carbocycles. The molecular formula is C9H9FN2O2. The van der Waals surface area contributed by atoms with Gasteiger partial charge in [0.15, 0.2) is 0 Å². The molecule has 0 radical (unpaired) electrons. The van der Waals surface area contributed by atoms with Crippen molar-refractivity contribution < 1.29 is 14.0 Å². The topological polar surface area (TPSA) is 64.7 Å². The van der Waals surface area contributed by atoms with Crippen LogP contribution in [0.4, 0.5) is 4.39 Å². The lowest BCUT2D eigenvalue weighted by Crippen LogP contribution is -2.25. The summed E-state index contributed by atoms with van der Waals surface area (Å²) < 4.78 is 12.4. The molecule has 5 heteroatoms. The molecule has 1 amide bonds. The Morgan fingerprint density at radius 1 is 1.50 bits per heavy atom. The third-order valence-electron chi connectivity index (χ3n) is 1.38. The van der Waals surface area contributed by atoms with E-state index < -0.39 is 12.3 Å². The number of nitrogens with zero attached hydrogens (tertiary/aromatic N) is 1. The van der Waals surface area contributed by atoms with E-state index in [-0.39, 0.29) is 0 Å². The minimum atomic E-state index is -2.20. The van der Waals surface area contributed by atoms with E-state index in [0.717, 1.165) is 5.56 Å². The number of carbonyl (C=O) groups is 1. The molecule has 0 aliphatic rings. The molecule has 0 aromatic heterocycles. The second kappa shape index (κ2) is 4.96. The van der Waals surface area contributed by atoms with Crippen LogP contribution in [0.1, 0.15) is 5.56 Å². The number of oxime groups is 1. The molecule has 0 saturated heterocycles. The second-order valence-corrected chi connectivity index (χ2v) is 2.47. The van der Waals surface area contributed by atoms with Gasteiger partial charge in [0.2, 0.25) is 0 Å². The number of benzene rings is 1. The summed E-state index contributed by atoms with van der Waals surface area (Å²) >= 11 is 0. The highest BCUT2D eigenvalue weighted by Crippen LogP contribution is 1.96. The smallest absolute Gasteiger partial charge is 0.340 e. The fraction of sp³-hybridized carbons (Fsp3) is 0.111. The van der Waals surface area contributed by atoms with Gasteiger partial charge in [-0.3, -0.25) is 4.79 Å². The first-order chi connectivity index (χ1) is 6.70. The lowest BCUT2D eigenvalue weighted by molar-refractivity contribution is -0.140. The Bertz CT molecular complexity index is 327. The van der Waals surface area contributed by atoms with E-state index in [1.54, 1.807) is 24.3 Å². The number of primary amides is 1. The molecule has 1 rings (SSSR count). The number of nitrogens with two attached hydrogens (primary N) is 1. The molecule has 0 bridgehead atoms. The van der Waals surface area contributed by atoms with Crippen molar-refractivity contribution in [2.75, 3.05) is 0 Å². The third-order valence-corrected chi connectivity index (χ3v) is 1.38. The van der Waals surface area contributed by atoms with E-state index in [1.165, 1.54) is 6.21 Å². The summed E-state index contributed by atoms with van der Waals surface area (Å²) in [5, 5.41) is 3.26. The van der Waals surface area contributed by atoms with Crippen LogP contribution in [-0.4, -0.2) is 18.5 Å². The number of alkyl halides is 1. The Morgan fingerprint density at radius 3 is 2.71 bits per heavy atom. The van der Waals surface area contributed by atoms with Gasteiger partial charge in [-0.25, -0.2) is 0 Å². The van der Waals surface area contributed by atoms with Crippen LogP contribution in [0.5, 0.6) is 0 Å². The Balaban J connectivity index is 2.46.